The van der Waals surface area contributed by atoms with E-state index in [1.165, 1.54) is 24.2 Å². The van der Waals surface area contributed by atoms with Gasteiger partial charge in [0, 0.05) is 25.5 Å². The van der Waals surface area contributed by atoms with Crippen LogP contribution in [0.25, 0.3) is 0 Å². The maximum absolute atomic E-state index is 4.74. The molecule has 4 rings (SSSR count). The molecule has 26 heavy (non-hydrogen) atoms. The van der Waals surface area contributed by atoms with Crippen LogP contribution in [0.3, 0.4) is 0 Å². The number of nitrogens with zero attached hydrogens (tertiary/aromatic N) is 7. The highest BCUT2D eigenvalue weighted by atomic mass is 32.1. The molecule has 1 N–H and O–H groups in total. The van der Waals surface area contributed by atoms with Crippen LogP contribution in [0.2, 0.25) is 0 Å². The maximum atomic E-state index is 4.74. The number of rotatable bonds is 5. The van der Waals surface area contributed by atoms with Gasteiger partial charge in [-0.15, -0.1) is 10.2 Å². The van der Waals surface area contributed by atoms with Crippen molar-refractivity contribution in [2.45, 2.75) is 38.8 Å². The number of piperidine rings is 1. The van der Waals surface area contributed by atoms with Crippen molar-refractivity contribution in [1.29, 1.82) is 0 Å². The molecule has 1 fully saturated rings. The largest absolute Gasteiger partial charge is 0.337 e. The first-order valence-corrected chi connectivity index (χ1v) is 9.66. The number of hydrogen-bond acceptors (Lipinski definition) is 8. The van der Waals surface area contributed by atoms with Crippen molar-refractivity contribution in [2.75, 3.05) is 11.9 Å². The molecule has 0 radical (unpaired) electrons. The van der Waals surface area contributed by atoms with Crippen molar-refractivity contribution < 1.29 is 0 Å². The van der Waals surface area contributed by atoms with Crippen LogP contribution < -0.4 is 5.32 Å². The average Bonchev–Trinajstić information content (AvgIpc) is 3.27. The van der Waals surface area contributed by atoms with E-state index >= 15 is 0 Å². The van der Waals surface area contributed by atoms with Crippen LogP contribution in [-0.2, 0) is 13.6 Å². The van der Waals surface area contributed by atoms with Crippen molar-refractivity contribution in [3.63, 3.8) is 0 Å². The van der Waals surface area contributed by atoms with Gasteiger partial charge in [-0.25, -0.2) is 15.0 Å². The van der Waals surface area contributed by atoms with Gasteiger partial charge in [0.15, 0.2) is 0 Å². The van der Waals surface area contributed by atoms with Crippen LogP contribution in [0.1, 0.15) is 42.6 Å². The molecule has 3 aromatic heterocycles. The zero-order valence-electron chi connectivity index (χ0n) is 15.0. The fraction of sp³-hybridized carbons (Fsp3) is 0.471. The van der Waals surface area contributed by atoms with Crippen molar-refractivity contribution in [3.8, 4) is 0 Å². The Kier molecular flexibility index (Phi) is 4.89. The number of aryl methyl sites for hydroxylation is 2. The number of likely N-dealkylation sites (tertiary alicyclic amines) is 1. The Morgan fingerprint density at radius 1 is 1.31 bits per heavy atom. The van der Waals surface area contributed by atoms with E-state index in [1.807, 2.05) is 32.4 Å². The Bertz CT molecular complexity index is 860. The molecule has 0 bridgehead atoms. The lowest BCUT2D eigenvalue weighted by atomic mass is 9.99. The maximum Gasteiger partial charge on any atom is 0.210 e. The van der Waals surface area contributed by atoms with Gasteiger partial charge < -0.3 is 9.88 Å². The molecule has 0 unspecified atom stereocenters. The van der Waals surface area contributed by atoms with Crippen LogP contribution in [-0.4, -0.2) is 41.2 Å². The van der Waals surface area contributed by atoms with Crippen LogP contribution in [0.4, 0.5) is 10.9 Å². The summed E-state index contributed by atoms with van der Waals surface area (Å²) in [4.78, 5) is 16.2. The van der Waals surface area contributed by atoms with E-state index in [0.29, 0.717) is 0 Å². The van der Waals surface area contributed by atoms with Crippen molar-refractivity contribution in [3.05, 3.63) is 41.3 Å². The molecule has 9 heteroatoms. The third kappa shape index (κ3) is 3.73. The number of hydrogen-bond donors (Lipinski definition) is 1. The Balaban J connectivity index is 1.59. The van der Waals surface area contributed by atoms with Gasteiger partial charge in [-0.1, -0.05) is 17.8 Å². The van der Waals surface area contributed by atoms with Gasteiger partial charge in [-0.3, -0.25) is 4.90 Å². The fourth-order valence-corrected chi connectivity index (χ4v) is 3.86. The quantitative estimate of drug-likeness (QED) is 0.739. The first-order chi connectivity index (χ1) is 12.7. The predicted octanol–water partition coefficient (Wildman–Crippen LogP) is 2.84. The van der Waals surface area contributed by atoms with Crippen molar-refractivity contribution >= 4 is 22.3 Å². The Labute approximate surface area is 156 Å². The van der Waals surface area contributed by atoms with Gasteiger partial charge in [0.25, 0.3) is 0 Å². The minimum Gasteiger partial charge on any atom is -0.337 e. The zero-order chi connectivity index (χ0) is 17.9. The smallest absolute Gasteiger partial charge is 0.210 e. The lowest BCUT2D eigenvalue weighted by Gasteiger charge is -2.35. The Morgan fingerprint density at radius 2 is 2.23 bits per heavy atom. The summed E-state index contributed by atoms with van der Waals surface area (Å²) in [5.41, 5.74) is 2.76. The summed E-state index contributed by atoms with van der Waals surface area (Å²) in [6.45, 7) is 3.82. The van der Waals surface area contributed by atoms with Gasteiger partial charge in [0.1, 0.15) is 23.0 Å². The molecule has 0 aliphatic carbocycles. The Morgan fingerprint density at radius 3 is 3.00 bits per heavy atom. The third-order valence-electron chi connectivity index (χ3n) is 4.67. The summed E-state index contributed by atoms with van der Waals surface area (Å²) in [5.74, 6) is 2.61. The van der Waals surface area contributed by atoms with Crippen LogP contribution in [0.5, 0.6) is 0 Å². The molecule has 8 nitrogen and oxygen atoms in total. The molecule has 1 aliphatic heterocycles. The second kappa shape index (κ2) is 7.46. The normalized spacial score (nSPS) is 18.2. The van der Waals surface area contributed by atoms with E-state index in [9.17, 15) is 0 Å². The van der Waals surface area contributed by atoms with E-state index in [2.05, 4.69) is 34.9 Å². The average molecular weight is 370 g/mol. The van der Waals surface area contributed by atoms with Gasteiger partial charge in [0.05, 0.1) is 18.3 Å². The summed E-state index contributed by atoms with van der Waals surface area (Å²) >= 11 is 1.45. The molecule has 4 heterocycles. The topological polar surface area (TPSA) is 84.7 Å². The molecule has 0 saturated carbocycles. The number of nitrogens with one attached hydrogen (secondary N) is 1. The molecule has 1 aliphatic rings. The van der Waals surface area contributed by atoms with Gasteiger partial charge in [-0.2, -0.15) is 0 Å². The second-order valence-corrected chi connectivity index (χ2v) is 7.36. The number of imidazole rings is 1. The van der Waals surface area contributed by atoms with E-state index in [-0.39, 0.29) is 6.04 Å². The first-order valence-electron chi connectivity index (χ1n) is 8.78. The zero-order valence-corrected chi connectivity index (χ0v) is 15.8. The minimum atomic E-state index is 0.275. The summed E-state index contributed by atoms with van der Waals surface area (Å²) in [6.07, 6.45) is 7.37. The number of aromatic nitrogens is 6. The van der Waals surface area contributed by atoms with Crippen molar-refractivity contribution in [1.82, 2.24) is 34.6 Å². The monoisotopic (exact) mass is 370 g/mol. The molecular formula is C17H22N8S. The van der Waals surface area contributed by atoms with E-state index in [0.717, 1.165) is 47.8 Å². The predicted molar refractivity (Wildman–Crippen MR) is 100 cm³/mol. The fourth-order valence-electron chi connectivity index (χ4n) is 3.41. The van der Waals surface area contributed by atoms with Gasteiger partial charge in [0.2, 0.25) is 5.13 Å². The summed E-state index contributed by atoms with van der Waals surface area (Å²) in [6, 6.07) is 2.31. The SMILES string of the molecule is Cc1nc(Nc2nncs2)cc([C@@H]2CCCCN2Cc2nccn2C)n1. The van der Waals surface area contributed by atoms with Crippen molar-refractivity contribution in [2.24, 2.45) is 7.05 Å². The molecule has 0 aromatic carbocycles. The molecule has 3 aromatic rings. The molecule has 0 amide bonds. The van der Waals surface area contributed by atoms with Gasteiger partial charge in [-0.05, 0) is 26.3 Å². The van der Waals surface area contributed by atoms with E-state index < -0.39 is 0 Å². The third-order valence-corrected chi connectivity index (χ3v) is 5.28. The molecule has 1 saturated heterocycles. The second-order valence-electron chi connectivity index (χ2n) is 6.53. The van der Waals surface area contributed by atoms with Crippen LogP contribution in [0.15, 0.2) is 24.0 Å². The van der Waals surface area contributed by atoms with E-state index in [1.54, 1.807) is 5.51 Å². The highest BCUT2D eigenvalue weighted by molar-refractivity contribution is 7.13. The minimum absolute atomic E-state index is 0.275. The lowest BCUT2D eigenvalue weighted by Crippen LogP contribution is -2.34. The highest BCUT2D eigenvalue weighted by Crippen LogP contribution is 2.32. The Hall–Kier alpha value is -2.39. The standard InChI is InChI=1S/C17H22N8S/c1-12-20-13(9-15(21-12)22-17-23-19-11-26-17)14-5-3-4-7-25(14)10-16-18-6-8-24(16)2/h6,8-9,11,14H,3-5,7,10H2,1-2H3,(H,20,21,22,23)/t14-/m0/s1. The van der Waals surface area contributed by atoms with Crippen LogP contribution in [0, 0.1) is 6.92 Å². The van der Waals surface area contributed by atoms with Gasteiger partial charge >= 0.3 is 0 Å². The number of anilines is 2. The van der Waals surface area contributed by atoms with Crippen LogP contribution >= 0.6 is 11.3 Å². The molecule has 1 atom stereocenters. The molecule has 136 valence electrons. The van der Waals surface area contributed by atoms with E-state index in [4.69, 9.17) is 4.98 Å². The summed E-state index contributed by atoms with van der Waals surface area (Å²) in [5, 5.41) is 11.9. The highest BCUT2D eigenvalue weighted by Gasteiger charge is 2.27. The molecule has 0 spiro atoms. The lowest BCUT2D eigenvalue weighted by molar-refractivity contribution is 0.132. The first kappa shape index (κ1) is 17.0. The summed E-state index contributed by atoms with van der Waals surface area (Å²) in [7, 11) is 2.04. The molecular weight excluding hydrogens is 348 g/mol. The summed E-state index contributed by atoms with van der Waals surface area (Å²) < 4.78 is 2.08.